The molecule has 0 spiro atoms. The number of aryl methyl sites for hydroxylation is 2. The third-order valence-electron chi connectivity index (χ3n) is 2.09. The Morgan fingerprint density at radius 2 is 2.12 bits per heavy atom. The molecule has 1 heterocycles. The van der Waals surface area contributed by atoms with E-state index in [0.29, 0.717) is 0 Å². The van der Waals surface area contributed by atoms with Gasteiger partial charge in [-0.1, -0.05) is 0 Å². The number of methoxy groups -OCH3 is 1. The first-order valence-electron chi connectivity index (χ1n) is 5.50. The quantitative estimate of drug-likeness (QED) is 0.584. The molecule has 0 radical (unpaired) electrons. The summed E-state index contributed by atoms with van der Waals surface area (Å²) in [5.74, 6) is 1.04. The fourth-order valence-electron chi connectivity index (χ4n) is 1.41. The topological polar surface area (TPSA) is 34.1 Å². The maximum atomic E-state index is 4.96. The van der Waals surface area contributed by atoms with Gasteiger partial charge >= 0.3 is 0 Å². The van der Waals surface area contributed by atoms with E-state index in [1.54, 1.807) is 18.9 Å². The number of hydrogen-bond donors (Lipinski definition) is 1. The average molecular weight is 240 g/mol. The van der Waals surface area contributed by atoms with E-state index in [-0.39, 0.29) is 0 Å². The van der Waals surface area contributed by atoms with Gasteiger partial charge in [0.15, 0.2) is 0 Å². The zero-order valence-electron chi connectivity index (χ0n) is 10.2. The number of pyridine rings is 1. The average Bonchev–Trinajstić information content (AvgIpc) is 2.22. The predicted octanol–water partition coefficient (Wildman–Crippen LogP) is 2.03. The highest BCUT2D eigenvalue weighted by molar-refractivity contribution is 7.99. The zero-order valence-corrected chi connectivity index (χ0v) is 11.1. The fraction of sp³-hybridized carbons (Fsp3) is 0.583. The molecule has 0 bridgehead atoms. The molecule has 16 heavy (non-hydrogen) atoms. The summed E-state index contributed by atoms with van der Waals surface area (Å²) < 4.78 is 4.96. The Kier molecular flexibility index (Phi) is 6.45. The van der Waals surface area contributed by atoms with Crippen LogP contribution in [0.2, 0.25) is 0 Å². The molecule has 0 aliphatic heterocycles. The molecule has 0 unspecified atom stereocenters. The number of ether oxygens (including phenoxy) is 1. The van der Waals surface area contributed by atoms with Crippen molar-refractivity contribution in [1.82, 2.24) is 10.3 Å². The summed E-state index contributed by atoms with van der Waals surface area (Å²) in [6.07, 6.45) is 0. The first-order chi connectivity index (χ1) is 7.72. The van der Waals surface area contributed by atoms with E-state index in [1.807, 2.05) is 6.92 Å². The Morgan fingerprint density at radius 1 is 1.31 bits per heavy atom. The third kappa shape index (κ3) is 5.49. The monoisotopic (exact) mass is 240 g/mol. The van der Waals surface area contributed by atoms with Gasteiger partial charge in [-0.25, -0.2) is 4.98 Å². The van der Waals surface area contributed by atoms with Crippen molar-refractivity contribution in [3.05, 3.63) is 23.4 Å². The number of aromatic nitrogens is 1. The molecule has 0 aliphatic carbocycles. The lowest BCUT2D eigenvalue weighted by atomic mass is 10.3. The van der Waals surface area contributed by atoms with Crippen molar-refractivity contribution in [2.24, 2.45) is 0 Å². The van der Waals surface area contributed by atoms with Crippen LogP contribution in [-0.2, 0) is 4.74 Å². The number of nitrogens with zero attached hydrogens (tertiary/aromatic N) is 1. The van der Waals surface area contributed by atoms with Gasteiger partial charge in [-0.2, -0.15) is 0 Å². The van der Waals surface area contributed by atoms with Gasteiger partial charge in [0.05, 0.1) is 11.6 Å². The molecule has 0 saturated carbocycles. The highest BCUT2D eigenvalue weighted by atomic mass is 32.2. The molecule has 1 aromatic heterocycles. The van der Waals surface area contributed by atoms with Crippen molar-refractivity contribution in [2.75, 3.05) is 32.6 Å². The summed E-state index contributed by atoms with van der Waals surface area (Å²) in [6, 6.07) is 4.23. The highest BCUT2D eigenvalue weighted by Crippen LogP contribution is 2.16. The van der Waals surface area contributed by atoms with Gasteiger partial charge in [-0.15, -0.1) is 11.8 Å². The van der Waals surface area contributed by atoms with Gasteiger partial charge in [-0.05, 0) is 31.5 Å². The molecule has 1 N–H and O–H groups in total. The molecule has 0 fully saturated rings. The van der Waals surface area contributed by atoms with Crippen LogP contribution in [0.3, 0.4) is 0 Å². The minimum Gasteiger partial charge on any atom is -0.383 e. The molecule has 0 aromatic carbocycles. The minimum absolute atomic E-state index is 0.770. The smallest absolute Gasteiger partial charge is 0.0966 e. The van der Waals surface area contributed by atoms with E-state index in [2.05, 4.69) is 29.4 Å². The van der Waals surface area contributed by atoms with Crippen molar-refractivity contribution in [1.29, 1.82) is 0 Å². The Bertz CT molecular complexity index is 298. The molecular formula is C12H20N2OS. The summed E-state index contributed by atoms with van der Waals surface area (Å²) in [7, 11) is 1.72. The van der Waals surface area contributed by atoms with E-state index in [1.165, 1.54) is 5.56 Å². The summed E-state index contributed by atoms with van der Waals surface area (Å²) in [5.41, 5.74) is 2.37. The van der Waals surface area contributed by atoms with E-state index in [9.17, 15) is 0 Å². The van der Waals surface area contributed by atoms with Gasteiger partial charge in [0.25, 0.3) is 0 Å². The van der Waals surface area contributed by atoms with E-state index in [0.717, 1.165) is 36.2 Å². The van der Waals surface area contributed by atoms with Crippen molar-refractivity contribution < 1.29 is 4.74 Å². The molecule has 4 heteroatoms. The molecule has 0 saturated heterocycles. The normalized spacial score (nSPS) is 10.7. The highest BCUT2D eigenvalue weighted by Gasteiger charge is 1.98. The molecule has 3 nitrogen and oxygen atoms in total. The fourth-order valence-corrected chi connectivity index (χ4v) is 2.34. The standard InChI is InChI=1S/C12H20N2OS/c1-10-8-11(2)14-12(9-10)16-7-5-13-4-6-15-3/h8-9,13H,4-7H2,1-3H3. The van der Waals surface area contributed by atoms with Crippen LogP contribution in [0.15, 0.2) is 17.2 Å². The molecule has 0 amide bonds. The maximum absolute atomic E-state index is 4.96. The molecule has 90 valence electrons. The molecule has 0 aliphatic rings. The Balaban J connectivity index is 2.21. The Labute approximate surface area is 102 Å². The van der Waals surface area contributed by atoms with Crippen molar-refractivity contribution in [3.63, 3.8) is 0 Å². The lowest BCUT2D eigenvalue weighted by Gasteiger charge is -2.05. The van der Waals surface area contributed by atoms with Gasteiger partial charge < -0.3 is 10.1 Å². The predicted molar refractivity (Wildman–Crippen MR) is 69.2 cm³/mol. The summed E-state index contributed by atoms with van der Waals surface area (Å²) in [6.45, 7) is 6.82. The zero-order chi connectivity index (χ0) is 11.8. The van der Waals surface area contributed by atoms with Crippen LogP contribution in [0.25, 0.3) is 0 Å². The van der Waals surface area contributed by atoms with Crippen LogP contribution in [0.1, 0.15) is 11.3 Å². The van der Waals surface area contributed by atoms with Crippen LogP contribution in [0, 0.1) is 13.8 Å². The summed E-state index contributed by atoms with van der Waals surface area (Å²) in [4.78, 5) is 4.48. The van der Waals surface area contributed by atoms with E-state index < -0.39 is 0 Å². The lowest BCUT2D eigenvalue weighted by molar-refractivity contribution is 0.200. The first-order valence-corrected chi connectivity index (χ1v) is 6.48. The summed E-state index contributed by atoms with van der Waals surface area (Å²) in [5, 5.41) is 4.43. The maximum Gasteiger partial charge on any atom is 0.0966 e. The largest absolute Gasteiger partial charge is 0.383 e. The second-order valence-electron chi connectivity index (χ2n) is 3.72. The van der Waals surface area contributed by atoms with Crippen LogP contribution in [-0.4, -0.2) is 37.5 Å². The second kappa shape index (κ2) is 7.65. The Hall–Kier alpha value is -0.580. The van der Waals surface area contributed by atoms with Gasteiger partial charge in [0.1, 0.15) is 0 Å². The van der Waals surface area contributed by atoms with Gasteiger partial charge in [-0.3, -0.25) is 0 Å². The number of rotatable bonds is 7. The molecule has 0 atom stereocenters. The Morgan fingerprint density at radius 3 is 2.81 bits per heavy atom. The van der Waals surface area contributed by atoms with Gasteiger partial charge in [0, 0.05) is 31.6 Å². The van der Waals surface area contributed by atoms with Crippen LogP contribution >= 0.6 is 11.8 Å². The third-order valence-corrected chi connectivity index (χ3v) is 3.00. The van der Waals surface area contributed by atoms with E-state index in [4.69, 9.17) is 4.74 Å². The number of thioether (sulfide) groups is 1. The van der Waals surface area contributed by atoms with Crippen molar-refractivity contribution >= 4 is 11.8 Å². The van der Waals surface area contributed by atoms with Crippen LogP contribution in [0.5, 0.6) is 0 Å². The first kappa shape index (κ1) is 13.5. The SMILES string of the molecule is COCCNCCSc1cc(C)cc(C)n1. The second-order valence-corrected chi connectivity index (χ2v) is 4.83. The van der Waals surface area contributed by atoms with Crippen LogP contribution in [0.4, 0.5) is 0 Å². The molecule has 1 aromatic rings. The van der Waals surface area contributed by atoms with Crippen LogP contribution < -0.4 is 5.32 Å². The number of nitrogens with one attached hydrogen (secondary N) is 1. The molecular weight excluding hydrogens is 220 g/mol. The van der Waals surface area contributed by atoms with Crippen molar-refractivity contribution in [2.45, 2.75) is 18.9 Å². The van der Waals surface area contributed by atoms with E-state index >= 15 is 0 Å². The number of hydrogen-bond acceptors (Lipinski definition) is 4. The lowest BCUT2D eigenvalue weighted by Crippen LogP contribution is -2.21. The summed E-state index contributed by atoms with van der Waals surface area (Å²) >= 11 is 1.79. The van der Waals surface area contributed by atoms with Gasteiger partial charge in [0.2, 0.25) is 0 Å². The molecule has 1 rings (SSSR count). The van der Waals surface area contributed by atoms with Crippen molar-refractivity contribution in [3.8, 4) is 0 Å². The minimum atomic E-state index is 0.770.